The Morgan fingerprint density at radius 1 is 1.35 bits per heavy atom. The molecule has 1 fully saturated rings. The molecule has 0 bridgehead atoms. The number of hydrogen-bond donors (Lipinski definition) is 1. The normalized spacial score (nSPS) is 21.2. The fourth-order valence-corrected chi connectivity index (χ4v) is 4.61. The van der Waals surface area contributed by atoms with E-state index in [0.717, 1.165) is 12.0 Å². The molecule has 1 N–H and O–H groups in total. The van der Waals surface area contributed by atoms with Crippen molar-refractivity contribution in [1.29, 1.82) is 0 Å². The van der Waals surface area contributed by atoms with Gasteiger partial charge in [0.05, 0.1) is 11.4 Å². The number of nitrogens with one attached hydrogen (secondary N) is 1. The first-order valence-corrected chi connectivity index (χ1v) is 9.78. The fourth-order valence-electron chi connectivity index (χ4n) is 2.68. The van der Waals surface area contributed by atoms with Crippen LogP contribution in [0.3, 0.4) is 0 Å². The quantitative estimate of drug-likeness (QED) is 0.867. The zero-order valence-electron chi connectivity index (χ0n) is 14.1. The van der Waals surface area contributed by atoms with Gasteiger partial charge in [-0.3, -0.25) is 9.10 Å². The maximum Gasteiger partial charge on any atom is 0.235 e. The summed E-state index contributed by atoms with van der Waals surface area (Å²) in [5.74, 6) is 0.805. The van der Waals surface area contributed by atoms with Crippen LogP contribution in [-0.2, 0) is 21.4 Å². The summed E-state index contributed by atoms with van der Waals surface area (Å²) in [5, 5.41) is 2.91. The van der Waals surface area contributed by atoms with E-state index in [-0.39, 0.29) is 17.6 Å². The van der Waals surface area contributed by atoms with Gasteiger partial charge in [-0.15, -0.1) is 0 Å². The monoisotopic (exact) mass is 338 g/mol. The molecule has 1 aliphatic rings. The lowest BCUT2D eigenvalue weighted by Gasteiger charge is -2.17. The number of carbonyl (C=O) groups excluding carboxylic acids is 1. The minimum atomic E-state index is -3.18. The van der Waals surface area contributed by atoms with E-state index in [1.54, 1.807) is 0 Å². The van der Waals surface area contributed by atoms with Gasteiger partial charge in [0.1, 0.15) is 0 Å². The second-order valence-electron chi connectivity index (χ2n) is 6.58. The first-order valence-electron chi connectivity index (χ1n) is 8.18. The standard InChI is InChI=1S/C17H26N2O3S/c1-4-13(2)9-17(20)18-10-15-5-7-16(8-6-15)19-11-14(3)12-23(19,21)22/h5-8,13-14H,4,9-12H2,1-3H3,(H,18,20). The van der Waals surface area contributed by atoms with Gasteiger partial charge in [-0.2, -0.15) is 0 Å². The highest BCUT2D eigenvalue weighted by atomic mass is 32.2. The number of hydrogen-bond acceptors (Lipinski definition) is 3. The molecule has 0 aliphatic carbocycles. The number of nitrogens with zero attached hydrogens (tertiary/aromatic N) is 1. The first-order chi connectivity index (χ1) is 10.8. The van der Waals surface area contributed by atoms with Gasteiger partial charge in [0.2, 0.25) is 15.9 Å². The molecular weight excluding hydrogens is 312 g/mol. The number of amides is 1. The highest BCUT2D eigenvalue weighted by Gasteiger charge is 2.33. The Morgan fingerprint density at radius 3 is 2.52 bits per heavy atom. The van der Waals surface area contributed by atoms with Gasteiger partial charge in [0.25, 0.3) is 0 Å². The summed E-state index contributed by atoms with van der Waals surface area (Å²) >= 11 is 0. The molecule has 23 heavy (non-hydrogen) atoms. The Morgan fingerprint density at radius 2 is 2.00 bits per heavy atom. The molecule has 2 atom stereocenters. The van der Waals surface area contributed by atoms with E-state index in [4.69, 9.17) is 0 Å². The molecular formula is C17H26N2O3S. The lowest BCUT2D eigenvalue weighted by molar-refractivity contribution is -0.122. The van der Waals surface area contributed by atoms with Crippen molar-refractivity contribution in [3.05, 3.63) is 29.8 Å². The molecule has 128 valence electrons. The van der Waals surface area contributed by atoms with Crippen LogP contribution in [-0.4, -0.2) is 26.6 Å². The second-order valence-corrected chi connectivity index (χ2v) is 8.51. The first kappa shape index (κ1) is 17.8. The van der Waals surface area contributed by atoms with Crippen molar-refractivity contribution >= 4 is 21.6 Å². The lowest BCUT2D eigenvalue weighted by Crippen LogP contribution is -2.26. The van der Waals surface area contributed by atoms with Crippen molar-refractivity contribution in [3.63, 3.8) is 0 Å². The summed E-state index contributed by atoms with van der Waals surface area (Å²) in [4.78, 5) is 11.8. The molecule has 0 saturated carbocycles. The molecule has 6 heteroatoms. The van der Waals surface area contributed by atoms with E-state index >= 15 is 0 Å². The summed E-state index contributed by atoms with van der Waals surface area (Å²) in [6.07, 6.45) is 1.53. The Bertz CT molecular complexity index is 640. The van der Waals surface area contributed by atoms with Gasteiger partial charge < -0.3 is 5.32 Å². The number of benzene rings is 1. The largest absolute Gasteiger partial charge is 0.352 e. The SMILES string of the molecule is CCC(C)CC(=O)NCc1ccc(N2CC(C)CS2(=O)=O)cc1. The number of rotatable bonds is 6. The van der Waals surface area contributed by atoms with E-state index in [9.17, 15) is 13.2 Å². The maximum absolute atomic E-state index is 12.1. The van der Waals surface area contributed by atoms with Crippen LogP contribution in [0.1, 0.15) is 39.2 Å². The molecule has 1 heterocycles. The van der Waals surface area contributed by atoms with Gasteiger partial charge in [0, 0.05) is 19.5 Å². The van der Waals surface area contributed by atoms with Crippen LogP contribution in [0.5, 0.6) is 0 Å². The van der Waals surface area contributed by atoms with Crippen molar-refractivity contribution in [2.24, 2.45) is 11.8 Å². The molecule has 0 spiro atoms. The van der Waals surface area contributed by atoms with Crippen LogP contribution in [0.15, 0.2) is 24.3 Å². The zero-order chi connectivity index (χ0) is 17.0. The van der Waals surface area contributed by atoms with Gasteiger partial charge >= 0.3 is 0 Å². The third-order valence-electron chi connectivity index (χ3n) is 4.25. The maximum atomic E-state index is 12.1. The smallest absolute Gasteiger partial charge is 0.235 e. The predicted molar refractivity (Wildman–Crippen MR) is 92.7 cm³/mol. The van der Waals surface area contributed by atoms with Crippen LogP contribution in [0.4, 0.5) is 5.69 Å². The number of sulfonamides is 1. The van der Waals surface area contributed by atoms with E-state index in [1.165, 1.54) is 4.31 Å². The Balaban J connectivity index is 1.94. The van der Waals surface area contributed by atoms with Crippen LogP contribution in [0.25, 0.3) is 0 Å². The highest BCUT2D eigenvalue weighted by Crippen LogP contribution is 2.26. The third-order valence-corrected chi connectivity index (χ3v) is 6.27. The fraction of sp³-hybridized carbons (Fsp3) is 0.588. The average Bonchev–Trinajstić information content (AvgIpc) is 2.78. The highest BCUT2D eigenvalue weighted by molar-refractivity contribution is 7.93. The van der Waals surface area contributed by atoms with Crippen molar-refractivity contribution < 1.29 is 13.2 Å². The topological polar surface area (TPSA) is 66.5 Å². The van der Waals surface area contributed by atoms with E-state index in [0.29, 0.717) is 31.1 Å². The summed E-state index contributed by atoms with van der Waals surface area (Å²) in [6.45, 7) is 7.08. The summed E-state index contributed by atoms with van der Waals surface area (Å²) in [6, 6.07) is 7.37. The van der Waals surface area contributed by atoms with Gasteiger partial charge in [-0.1, -0.05) is 39.3 Å². The van der Waals surface area contributed by atoms with Crippen molar-refractivity contribution in [1.82, 2.24) is 5.32 Å². The van der Waals surface area contributed by atoms with E-state index in [2.05, 4.69) is 19.2 Å². The summed E-state index contributed by atoms with van der Waals surface area (Å²) < 4.78 is 25.6. The van der Waals surface area contributed by atoms with E-state index in [1.807, 2.05) is 31.2 Å². The van der Waals surface area contributed by atoms with E-state index < -0.39 is 10.0 Å². The number of carbonyl (C=O) groups is 1. The molecule has 1 aromatic rings. The molecule has 0 aromatic heterocycles. The lowest BCUT2D eigenvalue weighted by atomic mass is 10.1. The predicted octanol–water partition coefficient (Wildman–Crippen LogP) is 2.52. The molecule has 5 nitrogen and oxygen atoms in total. The summed E-state index contributed by atoms with van der Waals surface area (Å²) in [7, 11) is -3.18. The van der Waals surface area contributed by atoms with Gasteiger partial charge in [-0.05, 0) is 29.5 Å². The molecule has 2 unspecified atom stereocenters. The molecule has 2 rings (SSSR count). The van der Waals surface area contributed by atoms with Crippen LogP contribution < -0.4 is 9.62 Å². The Kier molecular flexibility index (Phi) is 5.68. The molecule has 1 aliphatic heterocycles. The Hall–Kier alpha value is -1.56. The molecule has 1 aromatic carbocycles. The van der Waals surface area contributed by atoms with Crippen molar-refractivity contribution in [3.8, 4) is 0 Å². The summed E-state index contributed by atoms with van der Waals surface area (Å²) in [5.41, 5.74) is 1.67. The minimum absolute atomic E-state index is 0.0550. The molecule has 1 amide bonds. The second kappa shape index (κ2) is 7.34. The zero-order valence-corrected chi connectivity index (χ0v) is 14.9. The average molecular weight is 338 g/mol. The van der Waals surface area contributed by atoms with Crippen LogP contribution in [0.2, 0.25) is 0 Å². The minimum Gasteiger partial charge on any atom is -0.352 e. The molecule has 0 radical (unpaired) electrons. The van der Waals surface area contributed by atoms with Crippen LogP contribution in [0, 0.1) is 11.8 Å². The van der Waals surface area contributed by atoms with Crippen LogP contribution >= 0.6 is 0 Å². The van der Waals surface area contributed by atoms with Gasteiger partial charge in [-0.25, -0.2) is 8.42 Å². The third kappa shape index (κ3) is 4.70. The van der Waals surface area contributed by atoms with Crippen molar-refractivity contribution in [2.75, 3.05) is 16.6 Å². The number of anilines is 1. The molecule has 1 saturated heterocycles. The van der Waals surface area contributed by atoms with Gasteiger partial charge in [0.15, 0.2) is 0 Å². The van der Waals surface area contributed by atoms with Crippen molar-refractivity contribution in [2.45, 2.75) is 40.2 Å². The Labute approximate surface area is 139 Å².